The zero-order chi connectivity index (χ0) is 16.7. The fourth-order valence-electron chi connectivity index (χ4n) is 2.82. The summed E-state index contributed by atoms with van der Waals surface area (Å²) in [6.45, 7) is 2.58. The van der Waals surface area contributed by atoms with Crippen molar-refractivity contribution in [2.24, 2.45) is 5.73 Å². The Balaban J connectivity index is 2.68. The molecule has 0 saturated carbocycles. The monoisotopic (exact) mass is 315 g/mol. The quantitative estimate of drug-likeness (QED) is 0.495. The Bertz CT molecular complexity index is 670. The largest absolute Gasteiger partial charge is 0.394 e. The molecule has 0 unspecified atom stereocenters. The summed E-state index contributed by atoms with van der Waals surface area (Å²) in [5.41, 5.74) is 1.61. The van der Waals surface area contributed by atoms with Gasteiger partial charge in [0.2, 0.25) is 0 Å². The van der Waals surface area contributed by atoms with E-state index >= 15 is 0 Å². The topological polar surface area (TPSA) is 140 Å². The van der Waals surface area contributed by atoms with Gasteiger partial charge in [0.05, 0.1) is 6.61 Å². The first-order chi connectivity index (χ1) is 10.2. The first-order valence-corrected chi connectivity index (χ1v) is 6.82. The highest BCUT2D eigenvalue weighted by Crippen LogP contribution is 2.44. The molecule has 124 valence electrons. The molecular formula is C13H21N3O6. The van der Waals surface area contributed by atoms with Crippen molar-refractivity contribution in [3.05, 3.63) is 32.6 Å². The van der Waals surface area contributed by atoms with Crippen LogP contribution in [-0.2, 0) is 21.7 Å². The minimum Gasteiger partial charge on any atom is -0.394 e. The molecule has 1 aliphatic heterocycles. The molecule has 1 aromatic heterocycles. The number of aliphatic hydroxyl groups is 2. The molecule has 0 aromatic carbocycles. The van der Waals surface area contributed by atoms with Crippen molar-refractivity contribution in [1.29, 1.82) is 0 Å². The van der Waals surface area contributed by atoms with Crippen LogP contribution in [0.1, 0.15) is 19.4 Å². The molecule has 0 bridgehead atoms. The van der Waals surface area contributed by atoms with Crippen LogP contribution in [0.25, 0.3) is 0 Å². The summed E-state index contributed by atoms with van der Waals surface area (Å²) >= 11 is 0. The number of nitrogens with zero attached hydrogens (tertiary/aromatic N) is 1. The van der Waals surface area contributed by atoms with Crippen LogP contribution >= 0.6 is 0 Å². The summed E-state index contributed by atoms with van der Waals surface area (Å²) in [6, 6.07) is 0. The lowest BCUT2D eigenvalue weighted by molar-refractivity contribution is -0.192. The standard InChI is InChI=1S/C13H21N3O6/c1-12(21-3)9(18)8(6-17)22-13(12,2)16-5-7(4-14)10(19)15-11(16)20/h5,8-9,17-18H,4,6,14H2,1-3H3,(H,15,19,20)/t8-,9-,12-,13-/m1/s1. The molecule has 22 heavy (non-hydrogen) atoms. The van der Waals surface area contributed by atoms with Gasteiger partial charge < -0.3 is 25.4 Å². The Morgan fingerprint density at radius 1 is 1.50 bits per heavy atom. The molecule has 1 saturated heterocycles. The molecule has 0 aliphatic carbocycles. The number of hydrogen-bond acceptors (Lipinski definition) is 7. The minimum atomic E-state index is -1.44. The Morgan fingerprint density at radius 3 is 2.64 bits per heavy atom. The van der Waals surface area contributed by atoms with Crippen molar-refractivity contribution in [1.82, 2.24) is 9.55 Å². The molecule has 4 atom stereocenters. The Labute approximate surface area is 126 Å². The second-order valence-electron chi connectivity index (χ2n) is 5.57. The number of hydrogen-bond donors (Lipinski definition) is 4. The molecule has 2 heterocycles. The predicted molar refractivity (Wildman–Crippen MR) is 76.2 cm³/mol. The van der Waals surface area contributed by atoms with E-state index in [9.17, 15) is 19.8 Å². The lowest BCUT2D eigenvalue weighted by Crippen LogP contribution is -2.58. The van der Waals surface area contributed by atoms with Gasteiger partial charge in [-0.1, -0.05) is 0 Å². The van der Waals surface area contributed by atoms with Crippen molar-refractivity contribution in [3.63, 3.8) is 0 Å². The summed E-state index contributed by atoms with van der Waals surface area (Å²) in [5, 5.41) is 19.7. The Kier molecular flexibility index (Phi) is 4.28. The van der Waals surface area contributed by atoms with Gasteiger partial charge >= 0.3 is 5.69 Å². The van der Waals surface area contributed by atoms with E-state index in [1.165, 1.54) is 20.2 Å². The number of aliphatic hydroxyl groups excluding tert-OH is 2. The van der Waals surface area contributed by atoms with Gasteiger partial charge in [-0.25, -0.2) is 4.79 Å². The fourth-order valence-corrected chi connectivity index (χ4v) is 2.82. The molecule has 2 rings (SSSR count). The van der Waals surface area contributed by atoms with E-state index in [2.05, 4.69) is 4.98 Å². The van der Waals surface area contributed by atoms with Crippen LogP contribution < -0.4 is 17.0 Å². The molecule has 0 radical (unpaired) electrons. The molecule has 9 nitrogen and oxygen atoms in total. The zero-order valence-corrected chi connectivity index (χ0v) is 12.7. The van der Waals surface area contributed by atoms with Gasteiger partial charge in [0, 0.05) is 25.4 Å². The highest BCUT2D eigenvalue weighted by molar-refractivity contribution is 5.12. The van der Waals surface area contributed by atoms with Crippen LogP contribution in [0.4, 0.5) is 0 Å². The second-order valence-corrected chi connectivity index (χ2v) is 5.57. The van der Waals surface area contributed by atoms with Crippen molar-refractivity contribution < 1.29 is 19.7 Å². The number of rotatable bonds is 4. The van der Waals surface area contributed by atoms with Crippen LogP contribution in [0.3, 0.4) is 0 Å². The third kappa shape index (κ3) is 2.13. The number of ether oxygens (including phenoxy) is 2. The predicted octanol–water partition coefficient (Wildman–Crippen LogP) is -2.17. The van der Waals surface area contributed by atoms with E-state index in [-0.39, 0.29) is 12.1 Å². The van der Waals surface area contributed by atoms with E-state index in [1.807, 2.05) is 0 Å². The van der Waals surface area contributed by atoms with Gasteiger partial charge in [-0.3, -0.25) is 14.3 Å². The molecule has 9 heteroatoms. The second kappa shape index (κ2) is 5.60. The maximum absolute atomic E-state index is 12.2. The normalized spacial score (nSPS) is 35.0. The van der Waals surface area contributed by atoms with Crippen molar-refractivity contribution >= 4 is 0 Å². The SMILES string of the molecule is CO[C@]1(C)[C@H](O)[C@@H](CO)O[C@@]1(C)n1cc(CN)c(=O)[nH]c1=O. The van der Waals surface area contributed by atoms with Gasteiger partial charge in [0.25, 0.3) is 5.56 Å². The van der Waals surface area contributed by atoms with Gasteiger partial charge in [0.15, 0.2) is 5.72 Å². The minimum absolute atomic E-state index is 0.0681. The lowest BCUT2D eigenvalue weighted by atomic mass is 9.88. The lowest BCUT2D eigenvalue weighted by Gasteiger charge is -2.40. The highest BCUT2D eigenvalue weighted by atomic mass is 16.6. The summed E-state index contributed by atoms with van der Waals surface area (Å²) < 4.78 is 12.2. The van der Waals surface area contributed by atoms with E-state index in [0.29, 0.717) is 0 Å². The average Bonchev–Trinajstić information content (AvgIpc) is 2.69. The number of methoxy groups -OCH3 is 1. The average molecular weight is 315 g/mol. The van der Waals surface area contributed by atoms with E-state index < -0.39 is 41.4 Å². The molecule has 0 amide bonds. The third-order valence-corrected chi connectivity index (χ3v) is 4.52. The smallest absolute Gasteiger partial charge is 0.330 e. The van der Waals surface area contributed by atoms with Crippen LogP contribution in [-0.4, -0.2) is 51.3 Å². The van der Waals surface area contributed by atoms with Crippen LogP contribution in [0, 0.1) is 0 Å². The maximum Gasteiger partial charge on any atom is 0.330 e. The number of H-pyrrole nitrogens is 1. The maximum atomic E-state index is 12.2. The van der Waals surface area contributed by atoms with Gasteiger partial charge in [0.1, 0.15) is 17.8 Å². The summed E-state index contributed by atoms with van der Waals surface area (Å²) in [5.74, 6) is 0. The number of nitrogens with two attached hydrogens (primary N) is 1. The number of aromatic nitrogens is 2. The molecule has 0 spiro atoms. The molecule has 1 aromatic rings. The third-order valence-electron chi connectivity index (χ3n) is 4.52. The van der Waals surface area contributed by atoms with E-state index in [0.717, 1.165) is 4.57 Å². The summed E-state index contributed by atoms with van der Waals surface area (Å²) in [4.78, 5) is 26.0. The number of nitrogens with one attached hydrogen (secondary N) is 1. The summed E-state index contributed by atoms with van der Waals surface area (Å²) in [7, 11) is 1.37. The number of aromatic amines is 1. The molecular weight excluding hydrogens is 294 g/mol. The fraction of sp³-hybridized carbons (Fsp3) is 0.692. The first kappa shape index (κ1) is 16.8. The molecule has 1 fully saturated rings. The highest BCUT2D eigenvalue weighted by Gasteiger charge is 2.62. The van der Waals surface area contributed by atoms with E-state index in [1.54, 1.807) is 6.92 Å². The van der Waals surface area contributed by atoms with Crippen molar-refractivity contribution in [3.8, 4) is 0 Å². The summed E-state index contributed by atoms with van der Waals surface area (Å²) in [6.07, 6.45) is -0.826. The van der Waals surface area contributed by atoms with Crippen LogP contribution in [0.15, 0.2) is 15.8 Å². The Morgan fingerprint density at radius 2 is 2.14 bits per heavy atom. The van der Waals surface area contributed by atoms with Gasteiger partial charge in [-0.2, -0.15) is 0 Å². The van der Waals surface area contributed by atoms with Crippen LogP contribution in [0.5, 0.6) is 0 Å². The van der Waals surface area contributed by atoms with Crippen LogP contribution in [0.2, 0.25) is 0 Å². The Hall–Kier alpha value is -1.52. The van der Waals surface area contributed by atoms with Gasteiger partial charge in [-0.05, 0) is 13.8 Å². The first-order valence-electron chi connectivity index (χ1n) is 6.82. The molecule has 5 N–H and O–H groups in total. The zero-order valence-electron chi connectivity index (χ0n) is 12.7. The van der Waals surface area contributed by atoms with Crippen molar-refractivity contribution in [2.75, 3.05) is 13.7 Å². The van der Waals surface area contributed by atoms with Crippen molar-refractivity contribution in [2.45, 2.75) is 43.9 Å². The van der Waals surface area contributed by atoms with Gasteiger partial charge in [-0.15, -0.1) is 0 Å². The molecule has 1 aliphatic rings. The van der Waals surface area contributed by atoms with E-state index in [4.69, 9.17) is 15.2 Å².